The van der Waals surface area contributed by atoms with Gasteiger partial charge in [0.2, 0.25) is 0 Å². The number of rotatable bonds is 0. The van der Waals surface area contributed by atoms with Crippen molar-refractivity contribution in [1.29, 1.82) is 0 Å². The predicted molar refractivity (Wildman–Crippen MR) is 26.0 cm³/mol. The van der Waals surface area contributed by atoms with Gasteiger partial charge in [0.25, 0.3) is 0 Å². The molecule has 0 aromatic carbocycles. The fourth-order valence-corrected chi connectivity index (χ4v) is 0.361. The van der Waals surface area contributed by atoms with Crippen LogP contribution in [0.3, 0.4) is 0 Å². The summed E-state index contributed by atoms with van der Waals surface area (Å²) >= 11 is 0. The quantitative estimate of drug-likeness (QED) is 0.388. The molecular formula is C3H8NNaO. The zero-order valence-corrected chi connectivity index (χ0v) is 3.03. The van der Waals surface area contributed by atoms with Gasteiger partial charge in [0.05, 0.1) is 13.3 Å². The first-order valence-corrected chi connectivity index (χ1v) is 1.78. The van der Waals surface area contributed by atoms with Gasteiger partial charge in [-0.2, -0.15) is 0 Å². The molecule has 0 saturated carbocycles. The van der Waals surface area contributed by atoms with E-state index in [-0.39, 0.29) is 29.6 Å². The van der Waals surface area contributed by atoms with Gasteiger partial charge in [-0.3, -0.25) is 5.32 Å². The van der Waals surface area contributed by atoms with E-state index in [1.807, 2.05) is 0 Å². The maximum absolute atomic E-state index is 4.83. The van der Waals surface area contributed by atoms with Crippen molar-refractivity contribution < 1.29 is 4.74 Å². The first-order chi connectivity index (χ1) is 2.50. The molecule has 3 heteroatoms. The topological polar surface area (TPSA) is 21.3 Å². The van der Waals surface area contributed by atoms with Gasteiger partial charge in [-0.15, -0.1) is 0 Å². The van der Waals surface area contributed by atoms with Crippen molar-refractivity contribution in [3.05, 3.63) is 0 Å². The fraction of sp³-hybridized carbons (Fsp3) is 1.00. The fourth-order valence-electron chi connectivity index (χ4n) is 0.361. The second kappa shape index (κ2) is 4.09. The minimum absolute atomic E-state index is 0. The van der Waals surface area contributed by atoms with Crippen molar-refractivity contribution in [2.75, 3.05) is 19.9 Å². The average Bonchev–Trinajstić information content (AvgIpc) is 1.76. The molecule has 6 heavy (non-hydrogen) atoms. The van der Waals surface area contributed by atoms with Crippen molar-refractivity contribution in [2.45, 2.75) is 0 Å². The Morgan fingerprint density at radius 2 is 2.33 bits per heavy atom. The Morgan fingerprint density at radius 3 is 2.50 bits per heavy atom. The second-order valence-electron chi connectivity index (χ2n) is 1.05. The van der Waals surface area contributed by atoms with Crippen molar-refractivity contribution in [1.82, 2.24) is 5.32 Å². The molecule has 1 rings (SSSR count). The van der Waals surface area contributed by atoms with Crippen LogP contribution in [0.25, 0.3) is 0 Å². The van der Waals surface area contributed by atoms with E-state index in [0.29, 0.717) is 0 Å². The monoisotopic (exact) mass is 97.1 g/mol. The Balaban J connectivity index is 0.000000250. The van der Waals surface area contributed by atoms with E-state index in [0.717, 1.165) is 19.9 Å². The average molecular weight is 97.1 g/mol. The van der Waals surface area contributed by atoms with Gasteiger partial charge in [0.1, 0.15) is 0 Å². The molecule has 0 radical (unpaired) electrons. The summed E-state index contributed by atoms with van der Waals surface area (Å²) in [6.07, 6.45) is 0. The third-order valence-electron chi connectivity index (χ3n) is 0.627. The van der Waals surface area contributed by atoms with Gasteiger partial charge in [-0.05, 0) is 0 Å². The molecule has 1 saturated heterocycles. The summed E-state index contributed by atoms with van der Waals surface area (Å²) in [6, 6.07) is 0. The molecule has 1 aliphatic rings. The Hall–Kier alpha value is 0.920. The van der Waals surface area contributed by atoms with Crippen molar-refractivity contribution in [3.63, 3.8) is 0 Å². The summed E-state index contributed by atoms with van der Waals surface area (Å²) in [7, 11) is 0. The van der Waals surface area contributed by atoms with Crippen LogP contribution < -0.4 is 5.32 Å². The van der Waals surface area contributed by atoms with E-state index in [1.54, 1.807) is 0 Å². The van der Waals surface area contributed by atoms with Crippen LogP contribution >= 0.6 is 0 Å². The first kappa shape index (κ1) is 6.92. The van der Waals surface area contributed by atoms with Crippen LogP contribution in [0.2, 0.25) is 0 Å². The number of nitrogens with one attached hydrogen (secondary N) is 1. The summed E-state index contributed by atoms with van der Waals surface area (Å²) in [5.41, 5.74) is 0. The molecule has 0 aliphatic carbocycles. The Morgan fingerprint density at radius 1 is 1.50 bits per heavy atom. The summed E-state index contributed by atoms with van der Waals surface area (Å²) in [4.78, 5) is 0. The molecule has 1 heterocycles. The summed E-state index contributed by atoms with van der Waals surface area (Å²) in [6.45, 7) is 2.67. The van der Waals surface area contributed by atoms with E-state index < -0.39 is 0 Å². The SMILES string of the molecule is C1COCN1.[NaH]. The van der Waals surface area contributed by atoms with Gasteiger partial charge >= 0.3 is 29.6 Å². The molecule has 0 spiro atoms. The van der Waals surface area contributed by atoms with Crippen LogP contribution in [0.4, 0.5) is 0 Å². The Labute approximate surface area is 59.5 Å². The molecule has 2 nitrogen and oxygen atoms in total. The van der Waals surface area contributed by atoms with Crippen molar-refractivity contribution in [2.24, 2.45) is 0 Å². The van der Waals surface area contributed by atoms with E-state index in [2.05, 4.69) is 5.32 Å². The third kappa shape index (κ3) is 2.16. The van der Waals surface area contributed by atoms with Crippen LogP contribution in [0.15, 0.2) is 0 Å². The molecule has 0 bridgehead atoms. The molecule has 1 fully saturated rings. The molecule has 0 amide bonds. The maximum atomic E-state index is 4.83. The zero-order valence-electron chi connectivity index (χ0n) is 3.03. The van der Waals surface area contributed by atoms with Gasteiger partial charge in [0, 0.05) is 6.54 Å². The molecule has 0 atom stereocenters. The summed E-state index contributed by atoms with van der Waals surface area (Å²) in [5, 5.41) is 3.00. The van der Waals surface area contributed by atoms with Gasteiger partial charge < -0.3 is 4.74 Å². The van der Waals surface area contributed by atoms with Crippen LogP contribution in [0.1, 0.15) is 0 Å². The standard InChI is InChI=1S/C3H7NO.Na.H/c1-2-5-3-4-1;;/h4H,1-3H2;;. The molecule has 0 aromatic heterocycles. The van der Waals surface area contributed by atoms with Gasteiger partial charge in [-0.1, -0.05) is 0 Å². The molecular weight excluding hydrogens is 89.0 g/mol. The summed E-state index contributed by atoms with van der Waals surface area (Å²) in [5.74, 6) is 0. The zero-order chi connectivity index (χ0) is 3.54. The van der Waals surface area contributed by atoms with Gasteiger partial charge in [-0.25, -0.2) is 0 Å². The number of ether oxygens (including phenoxy) is 1. The van der Waals surface area contributed by atoms with E-state index >= 15 is 0 Å². The minimum atomic E-state index is 0. The number of hydrogen-bond donors (Lipinski definition) is 1. The first-order valence-electron chi connectivity index (χ1n) is 1.78. The molecule has 1 aliphatic heterocycles. The van der Waals surface area contributed by atoms with Crippen LogP contribution in [0, 0.1) is 0 Å². The van der Waals surface area contributed by atoms with Crippen LogP contribution in [-0.4, -0.2) is 49.4 Å². The predicted octanol–water partition coefficient (Wildman–Crippen LogP) is -1.08. The molecule has 1 N–H and O–H groups in total. The molecule has 0 aromatic rings. The van der Waals surface area contributed by atoms with Crippen LogP contribution in [-0.2, 0) is 4.74 Å². The normalized spacial score (nSPS) is 20.0. The van der Waals surface area contributed by atoms with Crippen molar-refractivity contribution >= 4 is 29.6 Å². The van der Waals surface area contributed by atoms with E-state index in [9.17, 15) is 0 Å². The van der Waals surface area contributed by atoms with Crippen molar-refractivity contribution in [3.8, 4) is 0 Å². The Bertz CT molecular complexity index is 22.4. The molecule has 0 unspecified atom stereocenters. The summed E-state index contributed by atoms with van der Waals surface area (Å²) < 4.78 is 4.83. The molecule has 32 valence electrons. The van der Waals surface area contributed by atoms with E-state index in [1.165, 1.54) is 0 Å². The third-order valence-corrected chi connectivity index (χ3v) is 0.627. The second-order valence-corrected chi connectivity index (χ2v) is 1.05. The van der Waals surface area contributed by atoms with Gasteiger partial charge in [0.15, 0.2) is 0 Å². The van der Waals surface area contributed by atoms with E-state index in [4.69, 9.17) is 4.74 Å². The Kier molecular flexibility index (Phi) is 4.72. The number of hydrogen-bond acceptors (Lipinski definition) is 2. The van der Waals surface area contributed by atoms with Crippen LogP contribution in [0.5, 0.6) is 0 Å².